The van der Waals surface area contributed by atoms with Gasteiger partial charge in [0.1, 0.15) is 5.75 Å². The molecule has 1 aromatic carbocycles. The van der Waals surface area contributed by atoms with E-state index in [1.165, 1.54) is 0 Å². The van der Waals surface area contributed by atoms with E-state index in [9.17, 15) is 14.7 Å². The van der Waals surface area contributed by atoms with Crippen molar-refractivity contribution in [3.63, 3.8) is 0 Å². The first-order valence-corrected chi connectivity index (χ1v) is 12.6. The molecule has 178 valence electrons. The Hall–Kier alpha value is -2.30. The number of carbonyl (C=O) groups is 2. The Morgan fingerprint density at radius 3 is 2.67 bits per heavy atom. The molecule has 3 fully saturated rings. The molecule has 1 amide bonds. The molecule has 0 saturated heterocycles. The average Bonchev–Trinajstić information content (AvgIpc) is 3.13. The van der Waals surface area contributed by atoms with Crippen molar-refractivity contribution in [2.45, 2.75) is 70.8 Å². The highest BCUT2D eigenvalue weighted by Gasteiger charge is 2.69. The number of carboxylic acids is 1. The Bertz CT molecular complexity index is 1000. The monoisotopic (exact) mass is 451 g/mol. The molecule has 1 aliphatic heterocycles. The van der Waals surface area contributed by atoms with Gasteiger partial charge in [0.15, 0.2) is 0 Å². The summed E-state index contributed by atoms with van der Waals surface area (Å²) >= 11 is 0. The average molecular weight is 452 g/mol. The molecule has 3 aliphatic carbocycles. The molecule has 33 heavy (non-hydrogen) atoms. The van der Waals surface area contributed by atoms with Gasteiger partial charge in [-0.2, -0.15) is 0 Å². The minimum Gasteiger partial charge on any atom is -0.497 e. The maximum atomic E-state index is 13.1. The Balaban J connectivity index is 1.60. The summed E-state index contributed by atoms with van der Waals surface area (Å²) in [6.07, 6.45) is 9.44. The fraction of sp³-hybridized carbons (Fsp3) is 0.643. The zero-order valence-electron chi connectivity index (χ0n) is 20.3. The van der Waals surface area contributed by atoms with Crippen molar-refractivity contribution >= 4 is 11.9 Å². The number of hydrogen-bond donors (Lipinski definition) is 2. The lowest BCUT2D eigenvalue weighted by molar-refractivity contribution is -0.156. The Kier molecular flexibility index (Phi) is 5.19. The summed E-state index contributed by atoms with van der Waals surface area (Å²) in [6.45, 7) is 6.84. The fourth-order valence-corrected chi connectivity index (χ4v) is 8.80. The van der Waals surface area contributed by atoms with Gasteiger partial charge in [-0.1, -0.05) is 45.4 Å². The van der Waals surface area contributed by atoms with Crippen LogP contribution in [-0.4, -0.2) is 30.1 Å². The number of nitrogens with one attached hydrogen (secondary N) is 1. The minimum absolute atomic E-state index is 0.0233. The molecule has 8 atom stereocenters. The van der Waals surface area contributed by atoms with Gasteiger partial charge in [-0.15, -0.1) is 0 Å². The van der Waals surface area contributed by atoms with Crippen molar-refractivity contribution < 1.29 is 19.4 Å². The number of carboxylic acid groups (broad SMARTS) is 1. The van der Waals surface area contributed by atoms with Gasteiger partial charge in [-0.25, -0.2) is 0 Å². The lowest BCUT2D eigenvalue weighted by atomic mass is 9.43. The maximum absolute atomic E-state index is 13.1. The first-order chi connectivity index (χ1) is 15.7. The van der Waals surface area contributed by atoms with E-state index in [4.69, 9.17) is 4.74 Å². The van der Waals surface area contributed by atoms with E-state index in [-0.39, 0.29) is 22.8 Å². The topological polar surface area (TPSA) is 75.6 Å². The van der Waals surface area contributed by atoms with Crippen LogP contribution in [0.1, 0.15) is 64.9 Å². The van der Waals surface area contributed by atoms with Crippen LogP contribution in [0, 0.1) is 34.5 Å². The molecule has 1 aromatic rings. The zero-order chi connectivity index (χ0) is 23.6. The van der Waals surface area contributed by atoms with Gasteiger partial charge in [0, 0.05) is 11.5 Å². The van der Waals surface area contributed by atoms with E-state index in [1.54, 1.807) is 13.2 Å². The van der Waals surface area contributed by atoms with Gasteiger partial charge in [0.05, 0.1) is 12.5 Å². The summed E-state index contributed by atoms with van der Waals surface area (Å²) in [5.41, 5.74) is -0.389. The molecule has 1 heterocycles. The number of carbonyl (C=O) groups excluding carboxylic acids is 1. The normalized spacial score (nSPS) is 43.8. The van der Waals surface area contributed by atoms with Crippen LogP contribution in [0.25, 0.3) is 0 Å². The smallest absolute Gasteiger partial charge is 0.314 e. The molecular weight excluding hydrogens is 414 g/mol. The van der Waals surface area contributed by atoms with Crippen LogP contribution >= 0.6 is 0 Å². The molecule has 0 spiro atoms. The fourth-order valence-electron chi connectivity index (χ4n) is 8.80. The van der Waals surface area contributed by atoms with E-state index < -0.39 is 11.4 Å². The highest BCUT2D eigenvalue weighted by atomic mass is 16.5. The number of benzene rings is 1. The quantitative estimate of drug-likeness (QED) is 0.679. The molecule has 0 radical (unpaired) electrons. The van der Waals surface area contributed by atoms with Crippen molar-refractivity contribution in [3.8, 4) is 5.75 Å². The third-order valence-electron chi connectivity index (χ3n) is 10.5. The molecule has 5 heteroatoms. The number of fused-ring (bicyclic) bond motifs is 5. The number of methoxy groups -OCH3 is 1. The predicted octanol–water partition coefficient (Wildman–Crippen LogP) is 4.95. The molecule has 4 aliphatic rings. The zero-order valence-corrected chi connectivity index (χ0v) is 20.3. The standard InChI is InChI=1S/C28H37NO4/c1-5-17-15-22-26(2,12-11-23(30)29-22)20-9-13-27(3)21(24(17)20)10-14-28(27,25(31)32)18-7-6-8-19(16-18)33-4/h6-8,11-12,16-17,20-22,24H,5,9-10,13-15H2,1-4H3,(H,29,30)(H,31,32)/t17?,20-,21+,22?,24-,26-,27+,28?/m1/s1. The van der Waals surface area contributed by atoms with E-state index in [0.29, 0.717) is 30.1 Å². The Labute approximate surface area is 197 Å². The molecule has 2 N–H and O–H groups in total. The number of hydrogen-bond acceptors (Lipinski definition) is 3. The number of ether oxygens (including phenoxy) is 1. The van der Waals surface area contributed by atoms with Gasteiger partial charge in [-0.3, -0.25) is 9.59 Å². The summed E-state index contributed by atoms with van der Waals surface area (Å²) in [5.74, 6) is 1.84. The molecule has 5 rings (SSSR count). The van der Waals surface area contributed by atoms with Gasteiger partial charge in [0.25, 0.3) is 0 Å². The maximum Gasteiger partial charge on any atom is 0.314 e. The van der Waals surface area contributed by atoms with Gasteiger partial charge in [0.2, 0.25) is 5.91 Å². The summed E-state index contributed by atoms with van der Waals surface area (Å²) in [7, 11) is 1.64. The van der Waals surface area contributed by atoms with Crippen molar-refractivity contribution in [2.24, 2.45) is 34.5 Å². The van der Waals surface area contributed by atoms with Crippen molar-refractivity contribution in [2.75, 3.05) is 7.11 Å². The van der Waals surface area contributed by atoms with E-state index in [0.717, 1.165) is 43.4 Å². The van der Waals surface area contributed by atoms with Crippen LogP contribution in [0.15, 0.2) is 36.4 Å². The lowest BCUT2D eigenvalue weighted by Gasteiger charge is -2.62. The number of amides is 1. The van der Waals surface area contributed by atoms with E-state index in [1.807, 2.05) is 24.3 Å². The third-order valence-corrected chi connectivity index (χ3v) is 10.5. The Morgan fingerprint density at radius 2 is 1.97 bits per heavy atom. The van der Waals surface area contributed by atoms with Crippen LogP contribution in [0.2, 0.25) is 0 Å². The van der Waals surface area contributed by atoms with Crippen molar-refractivity contribution in [3.05, 3.63) is 42.0 Å². The van der Waals surface area contributed by atoms with Crippen LogP contribution in [0.3, 0.4) is 0 Å². The first kappa shape index (κ1) is 22.5. The van der Waals surface area contributed by atoms with Gasteiger partial charge in [-0.05, 0) is 85.0 Å². The molecular formula is C28H37NO4. The summed E-state index contributed by atoms with van der Waals surface area (Å²) in [6, 6.07) is 7.93. The number of rotatable bonds is 4. The summed E-state index contributed by atoms with van der Waals surface area (Å²) < 4.78 is 5.47. The lowest BCUT2D eigenvalue weighted by Crippen LogP contribution is -2.63. The molecule has 3 unspecified atom stereocenters. The van der Waals surface area contributed by atoms with Crippen LogP contribution in [0.5, 0.6) is 5.75 Å². The van der Waals surface area contributed by atoms with Crippen LogP contribution in [0.4, 0.5) is 0 Å². The second kappa shape index (κ2) is 7.61. The Morgan fingerprint density at radius 1 is 1.21 bits per heavy atom. The largest absolute Gasteiger partial charge is 0.497 e. The minimum atomic E-state index is -0.899. The van der Waals surface area contributed by atoms with Gasteiger partial charge >= 0.3 is 5.97 Å². The van der Waals surface area contributed by atoms with Gasteiger partial charge < -0.3 is 15.2 Å². The summed E-state index contributed by atoms with van der Waals surface area (Å²) in [5, 5.41) is 14.0. The predicted molar refractivity (Wildman–Crippen MR) is 127 cm³/mol. The van der Waals surface area contributed by atoms with Crippen molar-refractivity contribution in [1.82, 2.24) is 5.32 Å². The van der Waals surface area contributed by atoms with E-state index >= 15 is 0 Å². The number of aliphatic carboxylic acids is 1. The van der Waals surface area contributed by atoms with E-state index in [2.05, 4.69) is 32.2 Å². The van der Waals surface area contributed by atoms with Crippen molar-refractivity contribution in [1.29, 1.82) is 0 Å². The third kappa shape index (κ3) is 2.90. The highest BCUT2D eigenvalue weighted by molar-refractivity contribution is 5.89. The molecule has 5 nitrogen and oxygen atoms in total. The second-order valence-electron chi connectivity index (χ2n) is 11.4. The summed E-state index contributed by atoms with van der Waals surface area (Å²) in [4.78, 5) is 25.3. The SMILES string of the molecule is CCC1CC2NC(=O)C=C[C@]2(C)[C@@H]2CC[C@@]3(C)[C@@H](CCC3(C(=O)O)c3cccc(OC)c3)[C@H]12. The van der Waals surface area contributed by atoms with Crippen LogP contribution in [-0.2, 0) is 15.0 Å². The highest BCUT2D eigenvalue weighted by Crippen LogP contribution is 2.70. The molecule has 0 aromatic heterocycles. The second-order valence-corrected chi connectivity index (χ2v) is 11.4. The molecule has 3 saturated carbocycles. The first-order valence-electron chi connectivity index (χ1n) is 12.6. The van der Waals surface area contributed by atoms with Crippen LogP contribution < -0.4 is 10.1 Å². The molecule has 0 bridgehead atoms.